The summed E-state index contributed by atoms with van der Waals surface area (Å²) in [5.41, 5.74) is 0.999. The lowest BCUT2D eigenvalue weighted by molar-refractivity contribution is -0.127. The van der Waals surface area contributed by atoms with E-state index < -0.39 is 11.7 Å². The van der Waals surface area contributed by atoms with Crippen LogP contribution in [0.4, 0.5) is 10.1 Å². The van der Waals surface area contributed by atoms with Crippen molar-refractivity contribution in [2.24, 2.45) is 5.92 Å². The van der Waals surface area contributed by atoms with E-state index in [0.717, 1.165) is 5.56 Å². The molecule has 0 spiro atoms. The summed E-state index contributed by atoms with van der Waals surface area (Å²) in [4.78, 5) is 26.3. The fourth-order valence-electron chi connectivity index (χ4n) is 3.03. The quantitative estimate of drug-likeness (QED) is 0.867. The molecular weight excluding hydrogens is 375 g/mol. The Labute approximate surface area is 147 Å². The molecule has 124 valence electrons. The molecule has 0 radical (unpaired) electrons. The molecule has 2 aromatic carbocycles. The minimum absolute atomic E-state index is 0.0970. The van der Waals surface area contributed by atoms with E-state index in [1.807, 2.05) is 30.3 Å². The Morgan fingerprint density at radius 3 is 2.62 bits per heavy atom. The van der Waals surface area contributed by atoms with E-state index in [9.17, 15) is 14.0 Å². The fourth-order valence-corrected chi connectivity index (χ4v) is 3.36. The number of amides is 2. The fraction of sp³-hybridized carbons (Fsp3) is 0.222. The van der Waals surface area contributed by atoms with Crippen LogP contribution in [0.25, 0.3) is 0 Å². The first-order valence-corrected chi connectivity index (χ1v) is 8.33. The van der Waals surface area contributed by atoms with Gasteiger partial charge in [0.25, 0.3) is 0 Å². The number of carbonyl (C=O) groups is 2. The molecule has 2 amide bonds. The van der Waals surface area contributed by atoms with Crippen molar-refractivity contribution in [3.05, 3.63) is 64.4 Å². The van der Waals surface area contributed by atoms with Gasteiger partial charge in [-0.15, -0.1) is 0 Å². The summed E-state index contributed by atoms with van der Waals surface area (Å²) in [6, 6.07) is 13.5. The first-order chi connectivity index (χ1) is 11.5. The van der Waals surface area contributed by atoms with Crippen LogP contribution in [0.5, 0.6) is 0 Å². The zero-order valence-corrected chi connectivity index (χ0v) is 14.6. The highest BCUT2D eigenvalue weighted by atomic mass is 79.9. The molecule has 2 aromatic rings. The van der Waals surface area contributed by atoms with Crippen molar-refractivity contribution in [3.63, 3.8) is 0 Å². The van der Waals surface area contributed by atoms with Crippen molar-refractivity contribution in [2.45, 2.75) is 12.5 Å². The number of anilines is 1. The molecule has 3 rings (SSSR count). The number of nitrogens with zero attached hydrogens (tertiary/aromatic N) is 1. The van der Waals surface area contributed by atoms with E-state index in [2.05, 4.69) is 21.2 Å². The van der Waals surface area contributed by atoms with Gasteiger partial charge in [-0.3, -0.25) is 9.59 Å². The molecule has 24 heavy (non-hydrogen) atoms. The number of hydrogen-bond acceptors (Lipinski definition) is 2. The molecule has 6 heteroatoms. The summed E-state index contributed by atoms with van der Waals surface area (Å²) in [7, 11) is 1.69. The number of nitrogens with one attached hydrogen (secondary N) is 1. The predicted molar refractivity (Wildman–Crippen MR) is 92.8 cm³/mol. The van der Waals surface area contributed by atoms with Gasteiger partial charge in [-0.25, -0.2) is 4.39 Å². The van der Waals surface area contributed by atoms with Crippen LogP contribution in [0, 0.1) is 11.7 Å². The number of rotatable bonds is 3. The van der Waals surface area contributed by atoms with Gasteiger partial charge in [0.2, 0.25) is 11.8 Å². The average molecular weight is 391 g/mol. The molecule has 1 N–H and O–H groups in total. The molecule has 0 aromatic heterocycles. The zero-order chi connectivity index (χ0) is 17.3. The van der Waals surface area contributed by atoms with Gasteiger partial charge in [-0.2, -0.15) is 0 Å². The van der Waals surface area contributed by atoms with Crippen molar-refractivity contribution < 1.29 is 14.0 Å². The van der Waals surface area contributed by atoms with E-state index in [4.69, 9.17) is 0 Å². The van der Waals surface area contributed by atoms with Gasteiger partial charge in [0, 0.05) is 17.9 Å². The molecule has 0 bridgehead atoms. The highest BCUT2D eigenvalue weighted by molar-refractivity contribution is 9.10. The maximum absolute atomic E-state index is 13.9. The largest absolute Gasteiger partial charge is 0.338 e. The van der Waals surface area contributed by atoms with Crippen LogP contribution in [0.2, 0.25) is 0 Å². The molecule has 1 heterocycles. The van der Waals surface area contributed by atoms with Crippen molar-refractivity contribution in [1.29, 1.82) is 0 Å². The van der Waals surface area contributed by atoms with E-state index in [1.54, 1.807) is 18.0 Å². The molecule has 0 saturated carbocycles. The lowest BCUT2D eigenvalue weighted by atomic mass is 9.93. The van der Waals surface area contributed by atoms with Crippen LogP contribution in [-0.4, -0.2) is 23.8 Å². The third-order valence-electron chi connectivity index (χ3n) is 4.25. The first kappa shape index (κ1) is 16.6. The Morgan fingerprint density at radius 1 is 1.25 bits per heavy atom. The van der Waals surface area contributed by atoms with Gasteiger partial charge in [0.05, 0.1) is 17.6 Å². The van der Waals surface area contributed by atoms with Crippen LogP contribution in [0.3, 0.4) is 0 Å². The monoisotopic (exact) mass is 390 g/mol. The Balaban J connectivity index is 1.86. The van der Waals surface area contributed by atoms with E-state index in [-0.39, 0.29) is 30.0 Å². The number of likely N-dealkylation sites (tertiary alicyclic amines) is 1. The SMILES string of the molecule is CN1C(=O)CC(C(=O)Nc2ccc(Br)cc2F)C1c1ccccc1. The van der Waals surface area contributed by atoms with E-state index in [0.29, 0.717) is 4.47 Å². The Kier molecular flexibility index (Phi) is 4.66. The molecule has 1 aliphatic rings. The van der Waals surface area contributed by atoms with Crippen LogP contribution in [-0.2, 0) is 9.59 Å². The number of benzene rings is 2. The average Bonchev–Trinajstić information content (AvgIpc) is 2.86. The second-order valence-electron chi connectivity index (χ2n) is 5.78. The standard InChI is InChI=1S/C18H16BrFN2O2/c1-22-16(23)10-13(17(22)11-5-3-2-4-6-11)18(24)21-15-8-7-12(19)9-14(15)20/h2-9,13,17H,10H2,1H3,(H,21,24). The number of hydrogen-bond donors (Lipinski definition) is 1. The maximum atomic E-state index is 13.9. The summed E-state index contributed by atoms with van der Waals surface area (Å²) in [6.07, 6.45) is 0.111. The molecule has 2 unspecified atom stereocenters. The molecule has 1 fully saturated rings. The lowest BCUT2D eigenvalue weighted by Gasteiger charge is -2.25. The molecule has 1 saturated heterocycles. The van der Waals surface area contributed by atoms with Crippen LogP contribution >= 0.6 is 15.9 Å². The highest BCUT2D eigenvalue weighted by Crippen LogP contribution is 2.37. The number of carbonyl (C=O) groups excluding carboxylic acids is 2. The third-order valence-corrected chi connectivity index (χ3v) is 4.75. The van der Waals surface area contributed by atoms with Crippen molar-refractivity contribution in [1.82, 2.24) is 4.90 Å². The smallest absolute Gasteiger partial charge is 0.230 e. The molecule has 2 atom stereocenters. The minimum atomic E-state index is -0.562. The van der Waals surface area contributed by atoms with Gasteiger partial charge in [-0.1, -0.05) is 46.3 Å². The molecule has 0 aliphatic carbocycles. The van der Waals surface area contributed by atoms with E-state index in [1.165, 1.54) is 12.1 Å². The van der Waals surface area contributed by atoms with Gasteiger partial charge in [-0.05, 0) is 23.8 Å². The Bertz CT molecular complexity index is 782. The van der Waals surface area contributed by atoms with Crippen molar-refractivity contribution in [2.75, 3.05) is 12.4 Å². The van der Waals surface area contributed by atoms with Crippen molar-refractivity contribution >= 4 is 33.4 Å². The summed E-state index contributed by atoms with van der Waals surface area (Å²) >= 11 is 3.18. The van der Waals surface area contributed by atoms with Gasteiger partial charge < -0.3 is 10.2 Å². The summed E-state index contributed by atoms with van der Waals surface area (Å²) in [5, 5.41) is 2.61. The van der Waals surface area contributed by atoms with Gasteiger partial charge >= 0.3 is 0 Å². The summed E-state index contributed by atoms with van der Waals surface area (Å²) in [5.74, 6) is -1.54. The topological polar surface area (TPSA) is 49.4 Å². The Hall–Kier alpha value is -2.21. The minimum Gasteiger partial charge on any atom is -0.338 e. The first-order valence-electron chi connectivity index (χ1n) is 7.54. The third kappa shape index (κ3) is 3.19. The lowest BCUT2D eigenvalue weighted by Crippen LogP contribution is -2.30. The van der Waals surface area contributed by atoms with Crippen LogP contribution in [0.1, 0.15) is 18.0 Å². The molecule has 4 nitrogen and oxygen atoms in total. The second-order valence-corrected chi connectivity index (χ2v) is 6.70. The normalized spacial score (nSPS) is 20.3. The van der Waals surface area contributed by atoms with Gasteiger partial charge in [0.15, 0.2) is 0 Å². The highest BCUT2D eigenvalue weighted by Gasteiger charge is 2.42. The Morgan fingerprint density at radius 2 is 1.96 bits per heavy atom. The van der Waals surface area contributed by atoms with Crippen LogP contribution in [0.15, 0.2) is 53.0 Å². The molecule has 1 aliphatic heterocycles. The number of halogens is 2. The van der Waals surface area contributed by atoms with Crippen LogP contribution < -0.4 is 5.32 Å². The van der Waals surface area contributed by atoms with Gasteiger partial charge in [0.1, 0.15) is 5.82 Å². The summed E-state index contributed by atoms with van der Waals surface area (Å²) in [6.45, 7) is 0. The van der Waals surface area contributed by atoms with E-state index >= 15 is 0 Å². The summed E-state index contributed by atoms with van der Waals surface area (Å²) < 4.78 is 14.5. The zero-order valence-electron chi connectivity index (χ0n) is 13.0. The predicted octanol–water partition coefficient (Wildman–Crippen LogP) is 3.75. The maximum Gasteiger partial charge on any atom is 0.230 e. The second kappa shape index (κ2) is 6.73. The molecular formula is C18H16BrFN2O2. The van der Waals surface area contributed by atoms with Crippen molar-refractivity contribution in [3.8, 4) is 0 Å².